The van der Waals surface area contributed by atoms with Crippen LogP contribution in [0.15, 0.2) is 0 Å². The fourth-order valence-corrected chi connectivity index (χ4v) is 6.56. The van der Waals surface area contributed by atoms with E-state index >= 15 is 0 Å². The molecular weight excluding hydrogens is 300 g/mol. The fourth-order valence-electron chi connectivity index (χ4n) is 2.01. The monoisotopic (exact) mass is 324 g/mol. The van der Waals surface area contributed by atoms with Crippen LogP contribution in [0, 0.1) is 0 Å². The summed E-state index contributed by atoms with van der Waals surface area (Å²) in [5.41, 5.74) is 0. The lowest BCUT2D eigenvalue weighted by atomic mass is 10.3. The van der Waals surface area contributed by atoms with Crippen molar-refractivity contribution in [2.45, 2.75) is 12.8 Å². The van der Waals surface area contributed by atoms with Crippen LogP contribution in [0.25, 0.3) is 0 Å². The van der Waals surface area contributed by atoms with Crippen molar-refractivity contribution in [2.75, 3.05) is 59.6 Å². The van der Waals surface area contributed by atoms with E-state index in [0.29, 0.717) is 0 Å². The Hall–Kier alpha value is 1.32. The Balaban J connectivity index is 1.51. The molecule has 0 unspecified atom stereocenters. The largest absolute Gasteiger partial charge is 0.285 e. The molecule has 0 amide bonds. The second-order valence-corrected chi connectivity index (χ2v) is 8.94. The molecule has 0 N–H and O–H groups in total. The molecule has 18 heavy (non-hydrogen) atoms. The van der Waals surface area contributed by atoms with Gasteiger partial charge in [0.25, 0.3) is 0 Å². The van der Waals surface area contributed by atoms with Crippen LogP contribution in [0.4, 0.5) is 0 Å². The summed E-state index contributed by atoms with van der Waals surface area (Å²) >= 11 is 8.40. The van der Waals surface area contributed by atoms with E-state index in [-0.39, 0.29) is 0 Å². The zero-order chi connectivity index (χ0) is 12.5. The minimum Gasteiger partial charge on any atom is -0.285 e. The van der Waals surface area contributed by atoms with Gasteiger partial charge in [0.1, 0.15) is 0 Å². The minimum absolute atomic E-state index is 1.25. The Morgan fingerprint density at radius 2 is 0.889 bits per heavy atom. The maximum atomic E-state index is 2.62. The van der Waals surface area contributed by atoms with Crippen molar-refractivity contribution in [2.24, 2.45) is 0 Å². The van der Waals surface area contributed by atoms with Gasteiger partial charge in [-0.2, -0.15) is 0 Å². The quantitative estimate of drug-likeness (QED) is 0.712. The zero-order valence-electron chi connectivity index (χ0n) is 11.0. The standard InChI is InChI=1S/C12H24N2S4/c1(3-13-9-15-5-6-16-10-13)2-4-14-11-17-7-8-18-12-14/h1-12H2. The molecule has 106 valence electrons. The molecule has 0 atom stereocenters. The van der Waals surface area contributed by atoms with Crippen LogP contribution in [-0.2, 0) is 0 Å². The highest BCUT2D eigenvalue weighted by molar-refractivity contribution is 8.03. The Morgan fingerprint density at radius 3 is 1.22 bits per heavy atom. The SMILES string of the molecule is C(CCN1CSCCSC1)CN1CSCCSC1. The summed E-state index contributed by atoms with van der Waals surface area (Å²) in [5.74, 6) is 10.4. The van der Waals surface area contributed by atoms with Gasteiger partial charge in [-0.3, -0.25) is 9.80 Å². The van der Waals surface area contributed by atoms with Gasteiger partial charge >= 0.3 is 0 Å². The molecule has 0 spiro atoms. The van der Waals surface area contributed by atoms with Gasteiger partial charge in [0.2, 0.25) is 0 Å². The Labute approximate surface area is 129 Å². The number of thioether (sulfide) groups is 4. The van der Waals surface area contributed by atoms with Crippen molar-refractivity contribution < 1.29 is 0 Å². The predicted octanol–water partition coefficient (Wildman–Crippen LogP) is 3.16. The van der Waals surface area contributed by atoms with Gasteiger partial charge in [-0.15, -0.1) is 47.0 Å². The van der Waals surface area contributed by atoms with Gasteiger partial charge in [0.15, 0.2) is 0 Å². The molecule has 2 saturated heterocycles. The number of nitrogens with zero attached hydrogens (tertiary/aromatic N) is 2. The molecular formula is C12H24N2S4. The topological polar surface area (TPSA) is 6.48 Å². The van der Waals surface area contributed by atoms with Crippen LogP contribution >= 0.6 is 47.0 Å². The summed E-state index contributed by atoms with van der Waals surface area (Å²) in [6.07, 6.45) is 2.74. The van der Waals surface area contributed by atoms with E-state index in [0.717, 1.165) is 0 Å². The Morgan fingerprint density at radius 1 is 0.556 bits per heavy atom. The number of hydrogen-bond acceptors (Lipinski definition) is 6. The number of unbranched alkanes of at least 4 members (excludes halogenated alkanes) is 1. The first kappa shape index (κ1) is 15.7. The molecule has 0 aliphatic carbocycles. The van der Waals surface area contributed by atoms with Crippen molar-refractivity contribution in [1.29, 1.82) is 0 Å². The molecule has 2 rings (SSSR count). The lowest BCUT2D eigenvalue weighted by Crippen LogP contribution is -2.26. The molecule has 2 fully saturated rings. The predicted molar refractivity (Wildman–Crippen MR) is 91.9 cm³/mol. The van der Waals surface area contributed by atoms with E-state index in [1.54, 1.807) is 0 Å². The van der Waals surface area contributed by atoms with Gasteiger partial charge in [0, 0.05) is 46.5 Å². The van der Waals surface area contributed by atoms with Crippen molar-refractivity contribution in [3.05, 3.63) is 0 Å². The summed E-state index contributed by atoms with van der Waals surface area (Å²) in [6, 6.07) is 0. The normalized spacial score (nSPS) is 24.7. The molecule has 0 bridgehead atoms. The third kappa shape index (κ3) is 6.66. The molecule has 0 aromatic carbocycles. The summed E-state index contributed by atoms with van der Waals surface area (Å²) < 4.78 is 0. The van der Waals surface area contributed by atoms with E-state index in [1.165, 1.54) is 72.4 Å². The fraction of sp³-hybridized carbons (Fsp3) is 1.00. The van der Waals surface area contributed by atoms with Crippen molar-refractivity contribution in [1.82, 2.24) is 9.80 Å². The second kappa shape index (κ2) is 10.1. The molecule has 6 heteroatoms. The van der Waals surface area contributed by atoms with Gasteiger partial charge in [-0.25, -0.2) is 0 Å². The highest BCUT2D eigenvalue weighted by Gasteiger charge is 2.11. The third-order valence-electron chi connectivity index (χ3n) is 3.04. The van der Waals surface area contributed by atoms with Gasteiger partial charge < -0.3 is 0 Å². The first-order chi connectivity index (χ1) is 8.95. The maximum absolute atomic E-state index is 2.62. The van der Waals surface area contributed by atoms with Gasteiger partial charge in [-0.1, -0.05) is 0 Å². The lowest BCUT2D eigenvalue weighted by Gasteiger charge is -2.21. The first-order valence-electron chi connectivity index (χ1n) is 6.71. The van der Waals surface area contributed by atoms with E-state index in [9.17, 15) is 0 Å². The third-order valence-corrected chi connectivity index (χ3v) is 7.72. The van der Waals surface area contributed by atoms with Crippen molar-refractivity contribution >= 4 is 47.0 Å². The van der Waals surface area contributed by atoms with Gasteiger partial charge in [0.05, 0.1) is 0 Å². The Kier molecular flexibility index (Phi) is 8.82. The van der Waals surface area contributed by atoms with E-state index in [1.807, 2.05) is 0 Å². The van der Waals surface area contributed by atoms with E-state index in [2.05, 4.69) is 56.8 Å². The van der Waals surface area contributed by atoms with Crippen LogP contribution < -0.4 is 0 Å². The van der Waals surface area contributed by atoms with E-state index in [4.69, 9.17) is 0 Å². The van der Waals surface area contributed by atoms with Crippen LogP contribution in [0.1, 0.15) is 12.8 Å². The average molecular weight is 325 g/mol. The molecule has 0 saturated carbocycles. The van der Waals surface area contributed by atoms with Crippen LogP contribution in [-0.4, -0.2) is 69.4 Å². The van der Waals surface area contributed by atoms with Crippen LogP contribution in [0.2, 0.25) is 0 Å². The molecule has 2 aliphatic heterocycles. The van der Waals surface area contributed by atoms with Gasteiger partial charge in [-0.05, 0) is 25.9 Å². The highest BCUT2D eigenvalue weighted by Crippen LogP contribution is 2.19. The summed E-state index contributed by atoms with van der Waals surface area (Å²) in [4.78, 5) is 5.24. The summed E-state index contributed by atoms with van der Waals surface area (Å²) in [5, 5.41) is 0. The Bertz CT molecular complexity index is 180. The minimum atomic E-state index is 1.25. The van der Waals surface area contributed by atoms with Crippen molar-refractivity contribution in [3.8, 4) is 0 Å². The molecule has 2 nitrogen and oxygen atoms in total. The van der Waals surface area contributed by atoms with Crippen molar-refractivity contribution in [3.63, 3.8) is 0 Å². The molecule has 0 radical (unpaired) electrons. The highest BCUT2D eigenvalue weighted by atomic mass is 32.2. The maximum Gasteiger partial charge on any atom is 0.0452 e. The average Bonchev–Trinajstić information content (AvgIpc) is 2.79. The first-order valence-corrected chi connectivity index (χ1v) is 11.3. The van der Waals surface area contributed by atoms with Crippen LogP contribution in [0.3, 0.4) is 0 Å². The van der Waals surface area contributed by atoms with E-state index < -0.39 is 0 Å². The molecule has 0 aromatic heterocycles. The summed E-state index contributed by atoms with van der Waals surface area (Å²) in [7, 11) is 0. The zero-order valence-corrected chi connectivity index (χ0v) is 14.3. The number of hydrogen-bond donors (Lipinski definition) is 0. The van der Waals surface area contributed by atoms with Crippen LogP contribution in [0.5, 0.6) is 0 Å². The number of rotatable bonds is 5. The summed E-state index contributed by atoms with van der Waals surface area (Å²) in [6.45, 7) is 2.60. The molecule has 0 aromatic rings. The smallest absolute Gasteiger partial charge is 0.0452 e. The second-order valence-electron chi connectivity index (χ2n) is 4.65. The molecule has 2 heterocycles. The molecule has 2 aliphatic rings. The lowest BCUT2D eigenvalue weighted by molar-refractivity contribution is 0.329.